The van der Waals surface area contributed by atoms with E-state index in [-0.39, 0.29) is 6.54 Å². The number of hydrogen-bond acceptors (Lipinski definition) is 5. The van der Waals surface area contributed by atoms with Crippen molar-refractivity contribution in [2.24, 2.45) is 4.99 Å². The molecule has 1 aliphatic rings. The van der Waals surface area contributed by atoms with Crippen molar-refractivity contribution >= 4 is 16.7 Å². The van der Waals surface area contributed by atoms with Gasteiger partial charge in [-0.3, -0.25) is 4.99 Å². The number of para-hydroxylation sites is 2. The summed E-state index contributed by atoms with van der Waals surface area (Å²) in [6.45, 7) is 0.902. The van der Waals surface area contributed by atoms with Crippen LogP contribution in [-0.4, -0.2) is 45.9 Å². The van der Waals surface area contributed by atoms with Crippen LogP contribution in [-0.2, 0) is 6.54 Å². The van der Waals surface area contributed by atoms with Crippen LogP contribution in [0.2, 0.25) is 0 Å². The van der Waals surface area contributed by atoms with Crippen molar-refractivity contribution in [2.45, 2.75) is 6.54 Å². The summed E-state index contributed by atoms with van der Waals surface area (Å²) in [6, 6.07) is 10.0. The third kappa shape index (κ3) is 2.39. The Hall–Kier alpha value is -2.65. The second-order valence-corrected chi connectivity index (χ2v) is 4.99. The molecular weight excluding hydrogens is 264 g/mol. The lowest BCUT2D eigenvalue weighted by Gasteiger charge is -2.29. The number of benzene rings is 1. The molecule has 0 atom stereocenters. The van der Waals surface area contributed by atoms with Crippen molar-refractivity contribution in [1.82, 2.24) is 19.6 Å². The Labute approximate surface area is 123 Å². The normalized spacial score (nSPS) is 14.6. The van der Waals surface area contributed by atoms with Crippen LogP contribution in [0, 0.1) is 11.3 Å². The maximum Gasteiger partial charge on any atom is 0.158 e. The van der Waals surface area contributed by atoms with Crippen molar-refractivity contribution in [1.29, 1.82) is 5.26 Å². The molecule has 1 aromatic carbocycles. The molecule has 0 bridgehead atoms. The second kappa shape index (κ2) is 5.38. The Bertz CT molecular complexity index is 762. The monoisotopic (exact) mass is 280 g/mol. The van der Waals surface area contributed by atoms with E-state index < -0.39 is 0 Å². The summed E-state index contributed by atoms with van der Waals surface area (Å²) in [6.07, 6.45) is 3.68. The molecule has 6 heteroatoms. The van der Waals surface area contributed by atoms with Crippen LogP contribution >= 0.6 is 0 Å². The molecule has 1 aliphatic heterocycles. The number of rotatable bonds is 3. The van der Waals surface area contributed by atoms with Crippen molar-refractivity contribution in [3.63, 3.8) is 0 Å². The first-order chi connectivity index (χ1) is 10.2. The van der Waals surface area contributed by atoms with E-state index in [2.05, 4.69) is 16.0 Å². The van der Waals surface area contributed by atoms with E-state index in [1.54, 1.807) is 6.20 Å². The number of aromatic nitrogens is 2. The highest BCUT2D eigenvalue weighted by Gasteiger charge is 2.19. The van der Waals surface area contributed by atoms with Crippen molar-refractivity contribution in [3.05, 3.63) is 42.5 Å². The van der Waals surface area contributed by atoms with Gasteiger partial charge in [0.1, 0.15) is 12.3 Å². The van der Waals surface area contributed by atoms with Crippen LogP contribution in [0.15, 0.2) is 41.7 Å². The summed E-state index contributed by atoms with van der Waals surface area (Å²) in [7, 11) is 3.96. The maximum atomic E-state index is 9.09. The molecule has 1 aromatic heterocycles. The summed E-state index contributed by atoms with van der Waals surface area (Å²) in [5, 5.41) is 13.1. The summed E-state index contributed by atoms with van der Waals surface area (Å²) < 4.78 is 1.92. The predicted molar refractivity (Wildman–Crippen MR) is 81.4 cm³/mol. The van der Waals surface area contributed by atoms with Gasteiger partial charge in [0.05, 0.1) is 23.6 Å². The zero-order valence-electron chi connectivity index (χ0n) is 12.1. The fraction of sp³-hybridized carbons (Fsp3) is 0.267. The summed E-state index contributed by atoms with van der Waals surface area (Å²) >= 11 is 0. The van der Waals surface area contributed by atoms with Gasteiger partial charge in [-0.2, -0.15) is 5.26 Å². The number of hydrazine groups is 1. The van der Waals surface area contributed by atoms with Gasteiger partial charge in [-0.05, 0) is 12.1 Å². The molecule has 0 aliphatic carbocycles. The average molecular weight is 280 g/mol. The highest BCUT2D eigenvalue weighted by Crippen LogP contribution is 2.18. The molecule has 2 heterocycles. The zero-order chi connectivity index (χ0) is 14.8. The molecule has 0 amide bonds. The Morgan fingerprint density at radius 3 is 2.90 bits per heavy atom. The Balaban J connectivity index is 2.08. The SMILES string of the molecule is CN(C)N1C=CN=C(c2nc3ccccc3n2CC#N)C1. The van der Waals surface area contributed by atoms with Gasteiger partial charge in [0.25, 0.3) is 0 Å². The Morgan fingerprint density at radius 2 is 2.14 bits per heavy atom. The molecule has 0 N–H and O–H groups in total. The molecule has 21 heavy (non-hydrogen) atoms. The standard InChI is InChI=1S/C15H16N6/c1-19(2)20-10-8-17-13(11-20)15-18-12-5-3-4-6-14(12)21(15)9-7-16/h3-6,8,10H,9,11H2,1-2H3. The molecule has 2 aromatic rings. The third-order valence-corrected chi connectivity index (χ3v) is 3.44. The fourth-order valence-electron chi connectivity index (χ4n) is 2.38. The van der Waals surface area contributed by atoms with Crippen LogP contribution in [0.4, 0.5) is 0 Å². The smallest absolute Gasteiger partial charge is 0.158 e. The van der Waals surface area contributed by atoms with Crippen LogP contribution in [0.25, 0.3) is 11.0 Å². The zero-order valence-corrected chi connectivity index (χ0v) is 12.1. The molecule has 6 nitrogen and oxygen atoms in total. The molecule has 0 spiro atoms. The number of nitriles is 1. The van der Waals surface area contributed by atoms with Crippen LogP contribution in [0.3, 0.4) is 0 Å². The van der Waals surface area contributed by atoms with Crippen LogP contribution in [0.5, 0.6) is 0 Å². The van der Waals surface area contributed by atoms with Gasteiger partial charge in [-0.1, -0.05) is 12.1 Å². The minimum absolute atomic E-state index is 0.264. The number of hydrogen-bond donors (Lipinski definition) is 0. The molecule has 0 saturated carbocycles. The van der Waals surface area contributed by atoms with Gasteiger partial charge in [0.2, 0.25) is 0 Å². The number of aliphatic imine (C=N–C) groups is 1. The minimum Gasteiger partial charge on any atom is -0.309 e. The van der Waals surface area contributed by atoms with Gasteiger partial charge < -0.3 is 9.58 Å². The van der Waals surface area contributed by atoms with Gasteiger partial charge in [0.15, 0.2) is 5.82 Å². The highest BCUT2D eigenvalue weighted by molar-refractivity contribution is 6.02. The second-order valence-electron chi connectivity index (χ2n) is 4.99. The van der Waals surface area contributed by atoms with E-state index in [0.717, 1.165) is 22.6 Å². The minimum atomic E-state index is 0.264. The lowest BCUT2D eigenvalue weighted by Crippen LogP contribution is -2.38. The highest BCUT2D eigenvalue weighted by atomic mass is 15.6. The lowest BCUT2D eigenvalue weighted by atomic mass is 10.3. The van der Waals surface area contributed by atoms with E-state index in [4.69, 9.17) is 5.26 Å². The fourth-order valence-corrected chi connectivity index (χ4v) is 2.38. The topological polar surface area (TPSA) is 60.4 Å². The number of nitrogens with zero attached hydrogens (tertiary/aromatic N) is 6. The first-order valence-electron chi connectivity index (χ1n) is 6.70. The molecule has 0 unspecified atom stereocenters. The van der Waals surface area contributed by atoms with E-state index in [1.807, 2.05) is 59.1 Å². The first-order valence-corrected chi connectivity index (χ1v) is 6.70. The van der Waals surface area contributed by atoms with Crippen molar-refractivity contribution in [2.75, 3.05) is 20.6 Å². The Kier molecular flexibility index (Phi) is 3.42. The van der Waals surface area contributed by atoms with E-state index in [0.29, 0.717) is 6.54 Å². The Morgan fingerprint density at radius 1 is 1.33 bits per heavy atom. The van der Waals surface area contributed by atoms with Gasteiger partial charge in [-0.15, -0.1) is 0 Å². The lowest BCUT2D eigenvalue weighted by molar-refractivity contribution is 0.100. The molecule has 0 saturated heterocycles. The quantitative estimate of drug-likeness (QED) is 0.857. The first kappa shape index (κ1) is 13.3. The summed E-state index contributed by atoms with van der Waals surface area (Å²) in [5.74, 6) is 0.758. The molecule has 0 radical (unpaired) electrons. The van der Waals surface area contributed by atoms with E-state index in [1.165, 1.54) is 0 Å². The largest absolute Gasteiger partial charge is 0.309 e. The third-order valence-electron chi connectivity index (χ3n) is 3.44. The average Bonchev–Trinajstić information content (AvgIpc) is 2.87. The van der Waals surface area contributed by atoms with Crippen molar-refractivity contribution in [3.8, 4) is 6.07 Å². The maximum absolute atomic E-state index is 9.09. The van der Waals surface area contributed by atoms with E-state index >= 15 is 0 Å². The summed E-state index contributed by atoms with van der Waals surface area (Å²) in [5.41, 5.74) is 2.71. The van der Waals surface area contributed by atoms with Gasteiger partial charge >= 0.3 is 0 Å². The number of fused-ring (bicyclic) bond motifs is 1. The molecule has 3 rings (SSSR count). The van der Waals surface area contributed by atoms with Gasteiger partial charge in [0, 0.05) is 26.5 Å². The number of imidazole rings is 1. The molecule has 106 valence electrons. The van der Waals surface area contributed by atoms with Crippen molar-refractivity contribution < 1.29 is 0 Å². The van der Waals surface area contributed by atoms with Gasteiger partial charge in [-0.25, -0.2) is 9.99 Å². The molecular formula is C15H16N6. The predicted octanol–water partition coefficient (Wildman–Crippen LogP) is 1.61. The van der Waals surface area contributed by atoms with Crippen LogP contribution < -0.4 is 0 Å². The molecule has 0 fully saturated rings. The summed E-state index contributed by atoms with van der Waals surface area (Å²) in [4.78, 5) is 9.10. The van der Waals surface area contributed by atoms with Crippen LogP contribution in [0.1, 0.15) is 5.82 Å². The van der Waals surface area contributed by atoms with E-state index in [9.17, 15) is 0 Å².